The number of aliphatic hydroxyl groups is 1. The maximum atomic E-state index is 15.1. The molecule has 1 unspecified atom stereocenters. The van der Waals surface area contributed by atoms with Crippen LogP contribution in [-0.4, -0.2) is 35.5 Å². The van der Waals surface area contributed by atoms with E-state index in [1.54, 1.807) is 55.6 Å². The minimum Gasteiger partial charge on any atom is -0.507 e. The molecule has 0 saturated carbocycles. The highest BCUT2D eigenvalue weighted by Crippen LogP contribution is 2.45. The van der Waals surface area contributed by atoms with Gasteiger partial charge in [0.05, 0.1) is 29.5 Å². The van der Waals surface area contributed by atoms with Gasteiger partial charge in [0.2, 0.25) is 0 Å². The van der Waals surface area contributed by atoms with Gasteiger partial charge in [0.1, 0.15) is 29.1 Å². The van der Waals surface area contributed by atoms with Crippen LogP contribution < -0.4 is 14.4 Å². The number of Topliss-reactive ketones (excluding diaryl/α,β-unsaturated/α-hetero) is 1. The van der Waals surface area contributed by atoms with Crippen molar-refractivity contribution in [2.75, 3.05) is 18.6 Å². The van der Waals surface area contributed by atoms with Crippen molar-refractivity contribution in [2.45, 2.75) is 19.4 Å². The fraction of sp³-hybridized carbons (Fsp3) is 0.179. The summed E-state index contributed by atoms with van der Waals surface area (Å²) < 4.78 is 26.7. The Hall–Kier alpha value is -4.24. The number of fused-ring (bicyclic) bond motifs is 1. The SMILES string of the molecule is CCCOc1ccc(/C(O)=C2\C(=O)C(=O)N(c3nc4ccc(OC)cc4s3)C2c2ccccc2F)cc1. The van der Waals surface area contributed by atoms with Crippen LogP contribution in [0.15, 0.2) is 72.3 Å². The summed E-state index contributed by atoms with van der Waals surface area (Å²) in [5, 5.41) is 11.5. The number of benzene rings is 3. The molecule has 5 rings (SSSR count). The van der Waals surface area contributed by atoms with E-state index in [1.165, 1.54) is 29.5 Å². The van der Waals surface area contributed by atoms with E-state index in [0.717, 1.165) is 16.0 Å². The van der Waals surface area contributed by atoms with Crippen LogP contribution in [-0.2, 0) is 9.59 Å². The lowest BCUT2D eigenvalue weighted by Crippen LogP contribution is -2.29. The molecule has 188 valence electrons. The first-order valence-electron chi connectivity index (χ1n) is 11.7. The number of aromatic nitrogens is 1. The maximum absolute atomic E-state index is 15.1. The molecule has 0 radical (unpaired) electrons. The molecule has 2 heterocycles. The lowest BCUT2D eigenvalue weighted by atomic mass is 9.95. The van der Waals surface area contributed by atoms with E-state index in [2.05, 4.69) is 4.98 Å². The third kappa shape index (κ3) is 4.42. The number of thiazole rings is 1. The molecule has 0 bridgehead atoms. The zero-order valence-corrected chi connectivity index (χ0v) is 20.9. The molecular weight excluding hydrogens is 495 g/mol. The van der Waals surface area contributed by atoms with Crippen molar-refractivity contribution in [1.82, 2.24) is 4.98 Å². The normalized spacial score (nSPS) is 16.9. The number of anilines is 1. The van der Waals surface area contributed by atoms with Crippen molar-refractivity contribution in [1.29, 1.82) is 0 Å². The van der Waals surface area contributed by atoms with Crippen LogP contribution in [0.25, 0.3) is 16.0 Å². The van der Waals surface area contributed by atoms with Crippen LogP contribution >= 0.6 is 11.3 Å². The molecule has 1 amide bonds. The summed E-state index contributed by atoms with van der Waals surface area (Å²) in [6.07, 6.45) is 0.840. The number of carbonyl (C=O) groups is 2. The second-order valence-corrected chi connectivity index (χ2v) is 9.40. The highest BCUT2D eigenvalue weighted by atomic mass is 32.1. The number of nitrogens with zero attached hydrogens (tertiary/aromatic N) is 2. The Labute approximate surface area is 216 Å². The van der Waals surface area contributed by atoms with E-state index in [1.807, 2.05) is 6.92 Å². The van der Waals surface area contributed by atoms with Gasteiger partial charge in [-0.1, -0.05) is 36.5 Å². The Kier molecular flexibility index (Phi) is 6.62. The van der Waals surface area contributed by atoms with E-state index in [9.17, 15) is 14.7 Å². The van der Waals surface area contributed by atoms with E-state index in [4.69, 9.17) is 9.47 Å². The first-order valence-corrected chi connectivity index (χ1v) is 12.5. The lowest BCUT2D eigenvalue weighted by molar-refractivity contribution is -0.132. The molecular formula is C28H23FN2O5S. The Morgan fingerprint density at radius 2 is 1.81 bits per heavy atom. The number of hydrogen-bond donors (Lipinski definition) is 1. The smallest absolute Gasteiger partial charge is 0.301 e. The van der Waals surface area contributed by atoms with Gasteiger partial charge >= 0.3 is 5.91 Å². The number of ether oxygens (including phenoxy) is 2. The molecule has 1 atom stereocenters. The summed E-state index contributed by atoms with van der Waals surface area (Å²) in [4.78, 5) is 32.4. The number of methoxy groups -OCH3 is 1. The van der Waals surface area contributed by atoms with Gasteiger partial charge in [0.25, 0.3) is 5.78 Å². The molecule has 0 spiro atoms. The summed E-state index contributed by atoms with van der Waals surface area (Å²) >= 11 is 1.17. The molecule has 1 saturated heterocycles. The minimum atomic E-state index is -1.21. The van der Waals surface area contributed by atoms with Gasteiger partial charge in [-0.15, -0.1) is 0 Å². The first kappa shape index (κ1) is 24.5. The predicted molar refractivity (Wildman–Crippen MR) is 140 cm³/mol. The Balaban J connectivity index is 1.66. The van der Waals surface area contributed by atoms with Crippen LogP contribution in [0.1, 0.15) is 30.5 Å². The number of hydrogen-bond acceptors (Lipinski definition) is 7. The number of rotatable bonds is 7. The van der Waals surface area contributed by atoms with Crippen LogP contribution in [0.3, 0.4) is 0 Å². The highest BCUT2D eigenvalue weighted by Gasteiger charge is 2.49. The monoisotopic (exact) mass is 518 g/mol. The zero-order valence-electron chi connectivity index (χ0n) is 20.1. The minimum absolute atomic E-state index is 0.0722. The van der Waals surface area contributed by atoms with E-state index >= 15 is 4.39 Å². The molecule has 0 aliphatic carbocycles. The fourth-order valence-corrected chi connectivity index (χ4v) is 5.25. The Morgan fingerprint density at radius 3 is 2.51 bits per heavy atom. The molecule has 7 nitrogen and oxygen atoms in total. The van der Waals surface area contributed by atoms with E-state index in [0.29, 0.717) is 29.2 Å². The molecule has 1 aromatic heterocycles. The molecule has 37 heavy (non-hydrogen) atoms. The summed E-state index contributed by atoms with van der Waals surface area (Å²) in [5.74, 6) is -1.62. The van der Waals surface area contributed by atoms with Gasteiger partial charge < -0.3 is 14.6 Å². The van der Waals surface area contributed by atoms with E-state index < -0.39 is 29.3 Å². The third-order valence-electron chi connectivity index (χ3n) is 6.04. The summed E-state index contributed by atoms with van der Waals surface area (Å²) in [5.41, 5.74) is 0.757. The highest BCUT2D eigenvalue weighted by molar-refractivity contribution is 7.22. The lowest BCUT2D eigenvalue weighted by Gasteiger charge is -2.23. The van der Waals surface area contributed by atoms with Crippen molar-refractivity contribution in [2.24, 2.45) is 0 Å². The zero-order chi connectivity index (χ0) is 26.1. The maximum Gasteiger partial charge on any atom is 0.301 e. The molecule has 1 N–H and O–H groups in total. The Morgan fingerprint density at radius 1 is 1.08 bits per heavy atom. The van der Waals surface area contributed by atoms with E-state index in [-0.39, 0.29) is 16.3 Å². The average Bonchev–Trinajstić information content (AvgIpc) is 3.45. The van der Waals surface area contributed by atoms with Crippen molar-refractivity contribution in [3.63, 3.8) is 0 Å². The molecule has 4 aromatic rings. The number of aliphatic hydroxyl groups excluding tert-OH is 1. The van der Waals surface area contributed by atoms with Gasteiger partial charge in [-0.25, -0.2) is 9.37 Å². The molecule has 1 aliphatic heterocycles. The average molecular weight is 519 g/mol. The van der Waals surface area contributed by atoms with Gasteiger partial charge in [-0.2, -0.15) is 0 Å². The number of halogens is 1. The first-order chi connectivity index (χ1) is 17.9. The number of ketones is 1. The molecule has 9 heteroatoms. The van der Waals surface area contributed by atoms with Crippen LogP contribution in [0.2, 0.25) is 0 Å². The number of carbonyl (C=O) groups excluding carboxylic acids is 2. The van der Waals surface area contributed by atoms with Crippen LogP contribution in [0, 0.1) is 5.82 Å². The standard InChI is InChI=1S/C28H23FN2O5S/c1-3-14-36-17-10-8-16(9-11-17)25(32)23-24(19-6-4-5-7-20(19)29)31(27(34)26(23)33)28-30-21-13-12-18(35-2)15-22(21)37-28/h4-13,15,24,32H,3,14H2,1-2H3/b25-23+. The Bertz CT molecular complexity index is 1530. The van der Waals surface area contributed by atoms with Crippen molar-refractivity contribution in [3.05, 3.63) is 89.2 Å². The second-order valence-electron chi connectivity index (χ2n) is 8.39. The topological polar surface area (TPSA) is 89.0 Å². The molecule has 1 aliphatic rings. The second kappa shape index (κ2) is 10.0. The quantitative estimate of drug-likeness (QED) is 0.187. The van der Waals surface area contributed by atoms with Gasteiger partial charge in [-0.05, 0) is 55.0 Å². The fourth-order valence-electron chi connectivity index (χ4n) is 4.23. The van der Waals surface area contributed by atoms with Gasteiger partial charge in [0.15, 0.2) is 5.13 Å². The van der Waals surface area contributed by atoms with Crippen molar-refractivity contribution >= 4 is 44.1 Å². The van der Waals surface area contributed by atoms with Crippen molar-refractivity contribution < 1.29 is 28.6 Å². The largest absolute Gasteiger partial charge is 0.507 e. The van der Waals surface area contributed by atoms with Crippen molar-refractivity contribution in [3.8, 4) is 11.5 Å². The number of amides is 1. The van der Waals surface area contributed by atoms with Crippen LogP contribution in [0.5, 0.6) is 11.5 Å². The summed E-state index contributed by atoms with van der Waals surface area (Å²) in [6, 6.07) is 16.4. The molecule has 1 fully saturated rings. The van der Waals surface area contributed by atoms with Crippen LogP contribution in [0.4, 0.5) is 9.52 Å². The predicted octanol–water partition coefficient (Wildman–Crippen LogP) is 5.86. The summed E-state index contributed by atoms with van der Waals surface area (Å²) in [6.45, 7) is 2.53. The van der Waals surface area contributed by atoms with Gasteiger partial charge in [0, 0.05) is 11.1 Å². The summed E-state index contributed by atoms with van der Waals surface area (Å²) in [7, 11) is 1.54. The van der Waals surface area contributed by atoms with Gasteiger partial charge in [-0.3, -0.25) is 14.5 Å². The molecule has 3 aromatic carbocycles. The third-order valence-corrected chi connectivity index (χ3v) is 7.05.